The van der Waals surface area contributed by atoms with Gasteiger partial charge in [-0.2, -0.15) is 0 Å². The molecule has 0 saturated carbocycles. The van der Waals surface area contributed by atoms with Gasteiger partial charge in [-0.15, -0.1) is 0 Å². The van der Waals surface area contributed by atoms with Gasteiger partial charge in [0.15, 0.2) is 6.10 Å². The lowest BCUT2D eigenvalue weighted by atomic mass is 9.87. The van der Waals surface area contributed by atoms with Gasteiger partial charge in [-0.25, -0.2) is 0 Å². The molecule has 5 rings (SSSR count). The number of rotatable bonds is 8. The topological polar surface area (TPSA) is 41.6 Å². The van der Waals surface area contributed by atoms with Crippen LogP contribution >= 0.6 is 0 Å². The fourth-order valence-corrected chi connectivity index (χ4v) is 5.15. The summed E-state index contributed by atoms with van der Waals surface area (Å²) in [6.45, 7) is 6.30. The standard InChI is InChI=1S/C33H34N2O2/c1-24-10-9-13-27(20-24)23-35-19-18-28-16-17-30(21-31(28)32(35)29-14-7-4-8-15-29)37-25(2)33(36)34-22-26-11-5-3-6-12-26/h3-17,20-21,25,32H,18-19,22-23H2,1-2H3,(H,34,36)/t25-,32-/m1/s1. The maximum atomic E-state index is 12.7. The Morgan fingerprint density at radius 2 is 1.65 bits per heavy atom. The van der Waals surface area contributed by atoms with Crippen molar-refractivity contribution in [1.82, 2.24) is 10.2 Å². The molecule has 37 heavy (non-hydrogen) atoms. The average Bonchev–Trinajstić information content (AvgIpc) is 2.92. The van der Waals surface area contributed by atoms with Crippen LogP contribution in [0.1, 0.15) is 46.3 Å². The van der Waals surface area contributed by atoms with Crippen LogP contribution in [0.15, 0.2) is 103 Å². The first-order valence-corrected chi connectivity index (χ1v) is 13.0. The highest BCUT2D eigenvalue weighted by atomic mass is 16.5. The maximum Gasteiger partial charge on any atom is 0.261 e. The summed E-state index contributed by atoms with van der Waals surface area (Å²) in [6.07, 6.45) is 0.390. The lowest BCUT2D eigenvalue weighted by Crippen LogP contribution is -2.37. The molecule has 0 bridgehead atoms. The quantitative estimate of drug-likeness (QED) is 0.319. The number of nitrogens with one attached hydrogen (secondary N) is 1. The number of aryl methyl sites for hydroxylation is 1. The van der Waals surface area contributed by atoms with Gasteiger partial charge in [0, 0.05) is 19.6 Å². The molecule has 0 radical (unpaired) electrons. The van der Waals surface area contributed by atoms with E-state index in [-0.39, 0.29) is 11.9 Å². The Bertz CT molecular complexity index is 1340. The minimum absolute atomic E-state index is 0.122. The number of carbonyl (C=O) groups excluding carboxylic acids is 1. The third-order valence-electron chi connectivity index (χ3n) is 7.02. The van der Waals surface area contributed by atoms with Crippen LogP contribution in [0.25, 0.3) is 0 Å². The van der Waals surface area contributed by atoms with Gasteiger partial charge in [-0.1, -0.05) is 96.6 Å². The third kappa shape index (κ3) is 6.10. The molecule has 4 nitrogen and oxygen atoms in total. The summed E-state index contributed by atoms with van der Waals surface area (Å²) in [5, 5.41) is 2.98. The largest absolute Gasteiger partial charge is 0.481 e. The number of nitrogens with zero attached hydrogens (tertiary/aromatic N) is 1. The maximum absolute atomic E-state index is 12.7. The molecule has 1 N–H and O–H groups in total. The zero-order valence-electron chi connectivity index (χ0n) is 21.6. The third-order valence-corrected chi connectivity index (χ3v) is 7.02. The zero-order valence-corrected chi connectivity index (χ0v) is 21.6. The van der Waals surface area contributed by atoms with E-state index in [1.165, 1.54) is 27.8 Å². The van der Waals surface area contributed by atoms with Crippen molar-refractivity contribution in [2.24, 2.45) is 0 Å². The number of benzene rings is 4. The van der Waals surface area contributed by atoms with Crippen LogP contribution in [0, 0.1) is 6.92 Å². The molecule has 188 valence electrons. The van der Waals surface area contributed by atoms with E-state index in [0.29, 0.717) is 6.54 Å². The van der Waals surface area contributed by atoms with Crippen LogP contribution in [0.3, 0.4) is 0 Å². The fourth-order valence-electron chi connectivity index (χ4n) is 5.15. The number of hydrogen-bond donors (Lipinski definition) is 1. The molecule has 0 fully saturated rings. The minimum atomic E-state index is -0.594. The van der Waals surface area contributed by atoms with E-state index in [2.05, 4.69) is 83.9 Å². The van der Waals surface area contributed by atoms with Crippen LogP contribution < -0.4 is 10.1 Å². The highest BCUT2D eigenvalue weighted by Gasteiger charge is 2.29. The van der Waals surface area contributed by atoms with Crippen molar-refractivity contribution in [3.8, 4) is 5.75 Å². The molecule has 2 atom stereocenters. The first-order valence-electron chi connectivity index (χ1n) is 13.0. The van der Waals surface area contributed by atoms with E-state index in [9.17, 15) is 4.79 Å². The van der Waals surface area contributed by atoms with Crippen LogP contribution in [0.5, 0.6) is 5.75 Å². The van der Waals surface area contributed by atoms with Gasteiger partial charge in [-0.05, 0) is 60.2 Å². The van der Waals surface area contributed by atoms with Crippen molar-refractivity contribution < 1.29 is 9.53 Å². The Labute approximate surface area is 219 Å². The number of ether oxygens (including phenoxy) is 1. The van der Waals surface area contributed by atoms with E-state index in [1.54, 1.807) is 6.92 Å². The van der Waals surface area contributed by atoms with E-state index < -0.39 is 6.10 Å². The Hall–Kier alpha value is -3.89. The molecule has 4 aromatic carbocycles. The van der Waals surface area contributed by atoms with Crippen molar-refractivity contribution in [3.05, 3.63) is 137 Å². The second-order valence-electron chi connectivity index (χ2n) is 9.85. The van der Waals surface area contributed by atoms with Crippen LogP contribution in [-0.4, -0.2) is 23.5 Å². The molecule has 0 saturated heterocycles. The summed E-state index contributed by atoms with van der Waals surface area (Å²) >= 11 is 0. The lowest BCUT2D eigenvalue weighted by Gasteiger charge is -2.38. The molecular weight excluding hydrogens is 456 g/mol. The van der Waals surface area contributed by atoms with Crippen molar-refractivity contribution in [2.45, 2.75) is 45.5 Å². The lowest BCUT2D eigenvalue weighted by molar-refractivity contribution is -0.127. The van der Waals surface area contributed by atoms with Gasteiger partial charge in [0.05, 0.1) is 6.04 Å². The summed E-state index contributed by atoms with van der Waals surface area (Å²) in [5.74, 6) is 0.599. The first kappa shape index (κ1) is 24.8. The Balaban J connectivity index is 1.36. The minimum Gasteiger partial charge on any atom is -0.481 e. The molecule has 4 heteroatoms. The number of fused-ring (bicyclic) bond motifs is 1. The average molecular weight is 491 g/mol. The molecule has 0 aliphatic carbocycles. The predicted octanol–water partition coefficient (Wildman–Crippen LogP) is 6.23. The van der Waals surface area contributed by atoms with Gasteiger partial charge in [0.2, 0.25) is 0 Å². The van der Waals surface area contributed by atoms with Gasteiger partial charge in [0.25, 0.3) is 5.91 Å². The molecule has 0 aromatic heterocycles. The van der Waals surface area contributed by atoms with E-state index in [0.717, 1.165) is 30.8 Å². The molecule has 1 amide bonds. The summed E-state index contributed by atoms with van der Waals surface area (Å²) in [4.78, 5) is 15.3. The Morgan fingerprint density at radius 1 is 0.919 bits per heavy atom. The predicted molar refractivity (Wildman–Crippen MR) is 148 cm³/mol. The second kappa shape index (κ2) is 11.4. The van der Waals surface area contributed by atoms with Gasteiger partial charge < -0.3 is 10.1 Å². The molecule has 0 spiro atoms. The van der Waals surface area contributed by atoms with E-state index in [1.807, 2.05) is 36.4 Å². The number of amides is 1. The van der Waals surface area contributed by atoms with Gasteiger partial charge >= 0.3 is 0 Å². The molecule has 0 unspecified atom stereocenters. The summed E-state index contributed by atoms with van der Waals surface area (Å²) < 4.78 is 6.15. The molecule has 1 aliphatic heterocycles. The summed E-state index contributed by atoms with van der Waals surface area (Å²) in [5.41, 5.74) is 7.52. The van der Waals surface area contributed by atoms with Gasteiger partial charge in [-0.3, -0.25) is 9.69 Å². The van der Waals surface area contributed by atoms with Crippen molar-refractivity contribution in [3.63, 3.8) is 0 Å². The highest BCUT2D eigenvalue weighted by molar-refractivity contribution is 5.80. The van der Waals surface area contributed by atoms with Crippen molar-refractivity contribution in [1.29, 1.82) is 0 Å². The molecule has 1 heterocycles. The van der Waals surface area contributed by atoms with E-state index in [4.69, 9.17) is 4.74 Å². The van der Waals surface area contributed by atoms with Gasteiger partial charge in [0.1, 0.15) is 5.75 Å². The zero-order chi connectivity index (χ0) is 25.6. The SMILES string of the molecule is Cc1cccc(CN2CCc3ccc(O[C@H](C)C(=O)NCc4ccccc4)cc3[C@H]2c2ccccc2)c1. The van der Waals surface area contributed by atoms with Crippen LogP contribution in [-0.2, 0) is 24.3 Å². The molecule has 4 aromatic rings. The van der Waals surface area contributed by atoms with Crippen LogP contribution in [0.4, 0.5) is 0 Å². The molecule has 1 aliphatic rings. The normalized spacial score (nSPS) is 16.0. The fraction of sp³-hybridized carbons (Fsp3) is 0.242. The number of carbonyl (C=O) groups is 1. The second-order valence-corrected chi connectivity index (χ2v) is 9.85. The van der Waals surface area contributed by atoms with Crippen LogP contribution in [0.2, 0.25) is 0 Å². The summed E-state index contributed by atoms with van der Waals surface area (Å²) in [7, 11) is 0. The smallest absolute Gasteiger partial charge is 0.261 e. The highest BCUT2D eigenvalue weighted by Crippen LogP contribution is 2.38. The number of hydrogen-bond acceptors (Lipinski definition) is 3. The van der Waals surface area contributed by atoms with Crippen molar-refractivity contribution >= 4 is 5.91 Å². The Kier molecular flexibility index (Phi) is 7.67. The monoisotopic (exact) mass is 490 g/mol. The van der Waals surface area contributed by atoms with E-state index >= 15 is 0 Å². The first-order chi connectivity index (χ1) is 18.1. The summed E-state index contributed by atoms with van der Waals surface area (Å²) in [6, 6.07) is 35.8. The molecular formula is C33H34N2O2. The Morgan fingerprint density at radius 3 is 2.41 bits per heavy atom. The van der Waals surface area contributed by atoms with Crippen molar-refractivity contribution in [2.75, 3.05) is 6.54 Å².